The van der Waals surface area contributed by atoms with E-state index in [1.54, 1.807) is 0 Å². The van der Waals surface area contributed by atoms with Crippen LogP contribution in [0.15, 0.2) is 36.4 Å². The zero-order valence-corrected chi connectivity index (χ0v) is 65.1. The van der Waals surface area contributed by atoms with Crippen molar-refractivity contribution in [3.05, 3.63) is 47.5 Å². The number of unbranched alkanes of at least 4 members (excludes halogenated alkanes) is 55. The van der Waals surface area contributed by atoms with Gasteiger partial charge in [0.15, 0.2) is 23.0 Å². The van der Waals surface area contributed by atoms with E-state index in [0.717, 1.165) is 97.2 Å². The van der Waals surface area contributed by atoms with Crippen molar-refractivity contribution in [2.45, 2.75) is 426 Å². The fourth-order valence-corrected chi connectivity index (χ4v) is 14.3. The zero-order valence-electron chi connectivity index (χ0n) is 65.1. The van der Waals surface area contributed by atoms with Crippen molar-refractivity contribution in [3.63, 3.8) is 0 Å². The molecule has 6 heteroatoms. The summed E-state index contributed by atoms with van der Waals surface area (Å²) in [6.45, 7) is 16.7. The third kappa shape index (κ3) is 55.4. The lowest BCUT2D eigenvalue weighted by atomic mass is 10.0. The molecule has 0 saturated carbocycles. The fourth-order valence-electron chi connectivity index (χ4n) is 14.3. The van der Waals surface area contributed by atoms with Crippen LogP contribution < -0.4 is 18.9 Å². The molecular weight excluding hydrogens is 1150 g/mol. The molecule has 0 saturated heterocycles. The average Bonchev–Trinajstić information content (AvgIpc) is 0.898. The Hall–Kier alpha value is -2.44. The molecule has 0 aliphatic rings. The van der Waals surface area contributed by atoms with Crippen LogP contribution in [0, 0.1) is 0 Å². The molecule has 0 amide bonds. The van der Waals surface area contributed by atoms with Gasteiger partial charge in [-0.3, -0.25) is 0 Å². The molecule has 2 aromatic rings. The van der Waals surface area contributed by atoms with Crippen LogP contribution in [0.4, 0.5) is 0 Å². The van der Waals surface area contributed by atoms with Crippen LogP contribution in [0.2, 0.25) is 0 Å². The fraction of sp³-hybridized carbons (Fsp3) is 0.864. The van der Waals surface area contributed by atoms with Crippen molar-refractivity contribution in [2.75, 3.05) is 67.7 Å². The molecule has 550 valence electrons. The van der Waals surface area contributed by atoms with E-state index in [9.17, 15) is 0 Å². The van der Waals surface area contributed by atoms with Gasteiger partial charge >= 0.3 is 0 Å². The van der Waals surface area contributed by atoms with E-state index in [2.05, 4.69) is 92.3 Å². The summed E-state index contributed by atoms with van der Waals surface area (Å²) >= 11 is 0. The lowest BCUT2D eigenvalue weighted by Gasteiger charge is -2.31. The van der Waals surface area contributed by atoms with Crippen molar-refractivity contribution in [1.82, 2.24) is 0 Å². The highest BCUT2D eigenvalue weighted by atomic mass is 16.5. The van der Waals surface area contributed by atoms with Crippen LogP contribution in [0.1, 0.15) is 424 Å². The van der Waals surface area contributed by atoms with Gasteiger partial charge in [0.1, 0.15) is 13.1 Å². The summed E-state index contributed by atoms with van der Waals surface area (Å²) in [6.07, 6.45) is 82.1. The van der Waals surface area contributed by atoms with E-state index < -0.39 is 0 Å². The quantitative estimate of drug-likeness (QED) is 0.0489. The molecule has 0 spiro atoms. The van der Waals surface area contributed by atoms with Gasteiger partial charge in [-0.25, -0.2) is 0 Å². The number of nitrogens with zero attached hydrogens (tertiary/aromatic N) is 2. The largest absolute Gasteiger partial charge is 0.490 e. The Morgan fingerprint density at radius 2 is 0.372 bits per heavy atom. The number of hydrogen-bond donors (Lipinski definition) is 0. The second-order valence-electron chi connectivity index (χ2n) is 31.4. The van der Waals surface area contributed by atoms with Crippen LogP contribution in [0.3, 0.4) is 0 Å². The van der Waals surface area contributed by atoms with Crippen molar-refractivity contribution in [3.8, 4) is 23.0 Å². The van der Waals surface area contributed by atoms with Gasteiger partial charge < -0.3 is 27.9 Å². The van der Waals surface area contributed by atoms with Gasteiger partial charge in [-0.2, -0.15) is 0 Å². The molecule has 0 N–H and O–H groups in total. The molecule has 0 fully saturated rings. The van der Waals surface area contributed by atoms with Crippen molar-refractivity contribution < 1.29 is 27.9 Å². The second kappa shape index (κ2) is 65.2. The highest BCUT2D eigenvalue weighted by Crippen LogP contribution is 2.33. The highest BCUT2D eigenvalue weighted by Gasteiger charge is 2.20. The summed E-state index contributed by atoms with van der Waals surface area (Å²) in [6, 6.07) is 13.7. The summed E-state index contributed by atoms with van der Waals surface area (Å²) in [5.41, 5.74) is 2.72. The van der Waals surface area contributed by atoms with Gasteiger partial charge in [-0.1, -0.05) is 362 Å². The van der Waals surface area contributed by atoms with E-state index in [1.807, 2.05) is 0 Å². The first-order valence-corrected chi connectivity index (χ1v) is 42.5. The predicted octanol–water partition coefficient (Wildman–Crippen LogP) is 28.5. The lowest BCUT2D eigenvalue weighted by molar-refractivity contribution is -0.904. The maximum Gasteiger partial charge on any atom is 0.161 e. The highest BCUT2D eigenvalue weighted by molar-refractivity contribution is 5.43. The maximum absolute atomic E-state index is 6.63. The first kappa shape index (κ1) is 87.6. The molecule has 94 heavy (non-hydrogen) atoms. The molecule has 2 rings (SSSR count). The Balaban J connectivity index is 1.86. The lowest BCUT2D eigenvalue weighted by Crippen LogP contribution is -2.40. The monoisotopic (exact) mass is 1320 g/mol. The molecule has 0 atom stereocenters. The Morgan fingerprint density at radius 1 is 0.202 bits per heavy atom. The summed E-state index contributed by atoms with van der Waals surface area (Å²) in [5, 5.41) is 0. The molecule has 6 nitrogen and oxygen atoms in total. The first-order valence-electron chi connectivity index (χ1n) is 42.5. The zero-order chi connectivity index (χ0) is 67.6. The minimum Gasteiger partial charge on any atom is -0.490 e. The molecule has 0 radical (unpaired) electrons. The normalized spacial score (nSPS) is 12.0. The summed E-state index contributed by atoms with van der Waals surface area (Å²) in [4.78, 5) is 0. The summed E-state index contributed by atoms with van der Waals surface area (Å²) in [5.74, 6) is 3.80. The van der Waals surface area contributed by atoms with Gasteiger partial charge in [-0.05, 0) is 87.8 Å². The third-order valence-corrected chi connectivity index (χ3v) is 20.5. The summed E-state index contributed by atoms with van der Waals surface area (Å²) in [7, 11) is 9.68. The SMILES string of the molecule is CCCCCCCCCCCCCCCCOc1ccc(C[N+](C)(C)CCCCCC[N+](C)(C)Cc2ccc(OCCCCCCCCCCCCCCCC)c(OCCCCCCCCCCCCCCCC)c2)cc1OCCCCCCCCCCCCCCCC. The van der Waals surface area contributed by atoms with Gasteiger partial charge in [0.2, 0.25) is 0 Å². The molecule has 0 aromatic heterocycles. The Labute approximate surface area is 589 Å². The molecule has 0 unspecified atom stereocenters. The number of quaternary nitrogens is 2. The molecule has 0 bridgehead atoms. The minimum atomic E-state index is 0.778. The van der Waals surface area contributed by atoms with E-state index in [1.165, 1.54) is 384 Å². The molecule has 0 aliphatic heterocycles. The number of benzene rings is 2. The van der Waals surface area contributed by atoms with Crippen molar-refractivity contribution in [1.29, 1.82) is 0 Å². The Bertz CT molecular complexity index is 1750. The van der Waals surface area contributed by atoms with Gasteiger partial charge in [0, 0.05) is 11.1 Å². The van der Waals surface area contributed by atoms with Crippen molar-refractivity contribution in [2.24, 2.45) is 0 Å². The number of rotatable bonds is 75. The molecule has 0 aliphatic carbocycles. The molecule has 2 aromatic carbocycles. The summed E-state index contributed by atoms with van der Waals surface area (Å²) < 4.78 is 28.3. The van der Waals surface area contributed by atoms with Crippen molar-refractivity contribution >= 4 is 0 Å². The van der Waals surface area contributed by atoms with Crippen LogP contribution in [0.25, 0.3) is 0 Å². The van der Waals surface area contributed by atoms with E-state index >= 15 is 0 Å². The number of hydrogen-bond acceptors (Lipinski definition) is 4. The van der Waals surface area contributed by atoms with Gasteiger partial charge in [-0.15, -0.1) is 0 Å². The van der Waals surface area contributed by atoms with Crippen LogP contribution in [-0.2, 0) is 13.1 Å². The van der Waals surface area contributed by atoms with Crippen LogP contribution in [0.5, 0.6) is 23.0 Å². The Morgan fingerprint density at radius 3 is 0.574 bits per heavy atom. The second-order valence-corrected chi connectivity index (χ2v) is 31.4. The molecular formula is C88H166N2O4+2. The van der Waals surface area contributed by atoms with Gasteiger partial charge in [0.25, 0.3) is 0 Å². The van der Waals surface area contributed by atoms with E-state index in [0.29, 0.717) is 0 Å². The third-order valence-electron chi connectivity index (χ3n) is 20.5. The van der Waals surface area contributed by atoms with Crippen LogP contribution >= 0.6 is 0 Å². The maximum atomic E-state index is 6.63. The Kier molecular flexibility index (Phi) is 60.8. The van der Waals surface area contributed by atoms with E-state index in [4.69, 9.17) is 18.9 Å². The standard InChI is InChI=1S/C88H166N2O4/c1-9-13-17-21-25-29-33-37-41-45-49-53-59-65-75-91-85-71-69-83(79-87(85)93-77-67-61-55-51-47-43-39-35-31-27-23-19-15-11-3)81-89(5,6)73-63-57-58-64-74-90(7,8)82-84-70-72-86(92-76-66-60-54-50-46-42-38-34-30-26-22-18-14-10-2)88(80-84)94-78-68-62-56-52-48-44-40-36-32-28-24-20-16-12-4/h69-72,79-80H,9-68,73-78,81-82H2,1-8H3/q+2. The number of ether oxygens (including phenoxy) is 4. The smallest absolute Gasteiger partial charge is 0.161 e. The first-order chi connectivity index (χ1) is 46.1. The topological polar surface area (TPSA) is 36.9 Å². The van der Waals surface area contributed by atoms with Crippen LogP contribution in [-0.4, -0.2) is 76.7 Å². The predicted molar refractivity (Wildman–Crippen MR) is 416 cm³/mol. The molecule has 0 heterocycles. The van der Waals surface area contributed by atoms with E-state index in [-0.39, 0.29) is 0 Å². The average molecular weight is 1320 g/mol. The van der Waals surface area contributed by atoms with Gasteiger partial charge in [0.05, 0.1) is 67.7 Å². The minimum absolute atomic E-state index is 0.778.